The summed E-state index contributed by atoms with van der Waals surface area (Å²) in [6, 6.07) is 9.72. The first kappa shape index (κ1) is 14.6. The number of aromatic nitrogens is 2. The Kier molecular flexibility index (Phi) is 4.39. The highest BCUT2D eigenvalue weighted by atomic mass is 16.3. The third kappa shape index (κ3) is 3.28. The van der Waals surface area contributed by atoms with Crippen molar-refractivity contribution in [3.8, 4) is 5.69 Å². The first-order valence-electron chi connectivity index (χ1n) is 7.49. The van der Waals surface area contributed by atoms with Crippen LogP contribution < -0.4 is 5.32 Å². The quantitative estimate of drug-likeness (QED) is 0.896. The van der Waals surface area contributed by atoms with Gasteiger partial charge in [0.25, 0.3) is 0 Å². The topological polar surface area (TPSA) is 70.4 Å². The van der Waals surface area contributed by atoms with Gasteiger partial charge in [0.1, 0.15) is 0 Å². The number of rotatable bonds is 4. The summed E-state index contributed by atoms with van der Waals surface area (Å²) in [4.78, 5) is 13.9. The van der Waals surface area contributed by atoms with Crippen molar-refractivity contribution in [1.82, 2.24) is 20.0 Å². The van der Waals surface area contributed by atoms with Crippen LogP contribution in [0.5, 0.6) is 0 Å². The Morgan fingerprint density at radius 2 is 2.32 bits per heavy atom. The number of benzene rings is 1. The molecule has 6 heteroatoms. The van der Waals surface area contributed by atoms with E-state index in [2.05, 4.69) is 10.4 Å². The zero-order valence-corrected chi connectivity index (χ0v) is 12.4. The first-order valence-corrected chi connectivity index (χ1v) is 7.49. The van der Waals surface area contributed by atoms with Crippen molar-refractivity contribution in [2.75, 3.05) is 19.7 Å². The maximum absolute atomic E-state index is 12.1. The molecule has 1 aromatic heterocycles. The fourth-order valence-corrected chi connectivity index (χ4v) is 2.69. The van der Waals surface area contributed by atoms with Gasteiger partial charge in [0.2, 0.25) is 0 Å². The lowest BCUT2D eigenvalue weighted by atomic mass is 10.1. The van der Waals surface area contributed by atoms with E-state index in [4.69, 9.17) is 5.11 Å². The van der Waals surface area contributed by atoms with Crippen LogP contribution in [0.4, 0.5) is 4.79 Å². The largest absolute Gasteiger partial charge is 0.396 e. The molecule has 1 atom stereocenters. The first-order chi connectivity index (χ1) is 10.8. The molecule has 3 rings (SSSR count). The predicted octanol–water partition coefficient (Wildman–Crippen LogP) is 1.40. The van der Waals surface area contributed by atoms with E-state index in [1.807, 2.05) is 36.5 Å². The smallest absolute Gasteiger partial charge is 0.317 e. The number of carbonyl (C=O) groups is 1. The van der Waals surface area contributed by atoms with Crippen molar-refractivity contribution >= 4 is 6.03 Å². The van der Waals surface area contributed by atoms with Gasteiger partial charge in [-0.05, 0) is 30.2 Å². The Morgan fingerprint density at radius 3 is 3.05 bits per heavy atom. The van der Waals surface area contributed by atoms with Gasteiger partial charge >= 0.3 is 6.03 Å². The third-order valence-electron chi connectivity index (χ3n) is 3.95. The van der Waals surface area contributed by atoms with Crippen LogP contribution in [0, 0.1) is 5.92 Å². The van der Waals surface area contributed by atoms with Crippen molar-refractivity contribution in [3.63, 3.8) is 0 Å². The average molecular weight is 300 g/mol. The minimum atomic E-state index is -0.0690. The molecule has 6 nitrogen and oxygen atoms in total. The van der Waals surface area contributed by atoms with Gasteiger partial charge in [0.05, 0.1) is 5.69 Å². The summed E-state index contributed by atoms with van der Waals surface area (Å²) < 4.78 is 1.79. The monoisotopic (exact) mass is 300 g/mol. The van der Waals surface area contributed by atoms with Gasteiger partial charge in [-0.15, -0.1) is 0 Å². The van der Waals surface area contributed by atoms with Crippen LogP contribution >= 0.6 is 0 Å². The van der Waals surface area contributed by atoms with E-state index in [9.17, 15) is 4.79 Å². The van der Waals surface area contributed by atoms with Gasteiger partial charge in [-0.25, -0.2) is 9.48 Å². The number of nitrogens with zero attached hydrogens (tertiary/aromatic N) is 3. The van der Waals surface area contributed by atoms with Crippen molar-refractivity contribution in [2.45, 2.75) is 13.0 Å². The number of hydrogen-bond acceptors (Lipinski definition) is 3. The van der Waals surface area contributed by atoms with E-state index >= 15 is 0 Å². The summed E-state index contributed by atoms with van der Waals surface area (Å²) in [5.41, 5.74) is 2.00. The third-order valence-corrected chi connectivity index (χ3v) is 3.95. The standard InChI is InChI=1S/C16H20N4O2/c21-12-14-5-8-19(11-14)16(22)17-10-13-3-1-4-15(9-13)20-7-2-6-18-20/h1-4,6-7,9,14,21H,5,8,10-12H2,(H,17,22). The van der Waals surface area contributed by atoms with Crippen molar-refractivity contribution in [2.24, 2.45) is 5.92 Å². The van der Waals surface area contributed by atoms with Crippen molar-refractivity contribution < 1.29 is 9.90 Å². The van der Waals surface area contributed by atoms with Crippen LogP contribution in [0.25, 0.3) is 5.69 Å². The molecule has 0 radical (unpaired) electrons. The Hall–Kier alpha value is -2.34. The van der Waals surface area contributed by atoms with Gasteiger partial charge in [-0.1, -0.05) is 12.1 Å². The zero-order valence-electron chi connectivity index (χ0n) is 12.4. The lowest BCUT2D eigenvalue weighted by molar-refractivity contribution is 0.198. The van der Waals surface area contributed by atoms with E-state index in [1.165, 1.54) is 0 Å². The second-order valence-electron chi connectivity index (χ2n) is 5.56. The minimum Gasteiger partial charge on any atom is -0.396 e. The number of carbonyl (C=O) groups excluding carboxylic acids is 1. The second kappa shape index (κ2) is 6.62. The number of nitrogens with one attached hydrogen (secondary N) is 1. The summed E-state index contributed by atoms with van der Waals surface area (Å²) >= 11 is 0. The molecule has 2 heterocycles. The van der Waals surface area contributed by atoms with Crippen LogP contribution in [0.15, 0.2) is 42.7 Å². The zero-order chi connectivity index (χ0) is 15.4. The molecule has 22 heavy (non-hydrogen) atoms. The molecule has 1 aliphatic rings. The molecule has 0 spiro atoms. The van der Waals surface area contributed by atoms with Crippen LogP contribution in [0.1, 0.15) is 12.0 Å². The number of hydrogen-bond donors (Lipinski definition) is 2. The van der Waals surface area contributed by atoms with Gasteiger partial charge in [-0.3, -0.25) is 0 Å². The summed E-state index contributed by atoms with van der Waals surface area (Å²) in [6.45, 7) is 1.98. The Bertz CT molecular complexity index is 627. The highest BCUT2D eigenvalue weighted by Crippen LogP contribution is 2.15. The maximum Gasteiger partial charge on any atom is 0.317 e. The number of aliphatic hydroxyl groups excluding tert-OH is 1. The Labute approximate surface area is 129 Å². The Balaban J connectivity index is 1.58. The number of aliphatic hydroxyl groups is 1. The van der Waals surface area contributed by atoms with Crippen molar-refractivity contribution in [3.05, 3.63) is 48.3 Å². The molecule has 0 saturated carbocycles. The summed E-state index contributed by atoms with van der Waals surface area (Å²) in [6.07, 6.45) is 4.50. The van der Waals surface area contributed by atoms with Crippen LogP contribution in [-0.2, 0) is 6.54 Å². The minimum absolute atomic E-state index is 0.0690. The van der Waals surface area contributed by atoms with E-state index in [1.54, 1.807) is 15.8 Å². The molecule has 2 amide bonds. The number of amides is 2. The van der Waals surface area contributed by atoms with Gasteiger partial charge < -0.3 is 15.3 Å². The maximum atomic E-state index is 12.1. The van der Waals surface area contributed by atoms with Crippen LogP contribution in [0.2, 0.25) is 0 Å². The van der Waals surface area contributed by atoms with Crippen LogP contribution in [-0.4, -0.2) is 45.5 Å². The molecular weight excluding hydrogens is 280 g/mol. The molecule has 1 aromatic carbocycles. The highest BCUT2D eigenvalue weighted by Gasteiger charge is 2.25. The van der Waals surface area contributed by atoms with E-state index < -0.39 is 0 Å². The lowest BCUT2D eigenvalue weighted by Gasteiger charge is -2.17. The summed E-state index contributed by atoms with van der Waals surface area (Å²) in [5.74, 6) is 0.217. The highest BCUT2D eigenvalue weighted by molar-refractivity contribution is 5.74. The molecular formula is C16H20N4O2. The Morgan fingerprint density at radius 1 is 1.41 bits per heavy atom. The van der Waals surface area contributed by atoms with Gasteiger partial charge in [-0.2, -0.15) is 5.10 Å². The molecule has 1 unspecified atom stereocenters. The summed E-state index contributed by atoms with van der Waals surface area (Å²) in [7, 11) is 0. The molecule has 0 aliphatic carbocycles. The average Bonchev–Trinajstić information content (AvgIpc) is 3.24. The molecule has 0 bridgehead atoms. The molecule has 2 N–H and O–H groups in total. The van der Waals surface area contributed by atoms with Crippen molar-refractivity contribution in [1.29, 1.82) is 0 Å². The van der Waals surface area contributed by atoms with Gasteiger partial charge in [0, 0.05) is 44.6 Å². The van der Waals surface area contributed by atoms with E-state index in [0.29, 0.717) is 19.6 Å². The molecule has 1 aliphatic heterocycles. The number of likely N-dealkylation sites (tertiary alicyclic amines) is 1. The fourth-order valence-electron chi connectivity index (χ4n) is 2.69. The number of urea groups is 1. The normalized spacial score (nSPS) is 17.7. The second-order valence-corrected chi connectivity index (χ2v) is 5.56. The lowest BCUT2D eigenvalue weighted by Crippen LogP contribution is -2.38. The SMILES string of the molecule is O=C(NCc1cccc(-n2cccn2)c1)N1CCC(CO)C1. The van der Waals surface area contributed by atoms with Gasteiger partial charge in [0.15, 0.2) is 0 Å². The fraction of sp³-hybridized carbons (Fsp3) is 0.375. The molecule has 2 aromatic rings. The predicted molar refractivity (Wildman–Crippen MR) is 82.6 cm³/mol. The molecule has 1 saturated heterocycles. The van der Waals surface area contributed by atoms with E-state index in [-0.39, 0.29) is 18.6 Å². The van der Waals surface area contributed by atoms with Crippen LogP contribution in [0.3, 0.4) is 0 Å². The molecule has 116 valence electrons. The van der Waals surface area contributed by atoms with E-state index in [0.717, 1.165) is 17.7 Å². The molecule has 1 fully saturated rings. The summed E-state index contributed by atoms with van der Waals surface area (Å²) in [5, 5.41) is 16.3.